The van der Waals surface area contributed by atoms with Gasteiger partial charge < -0.3 is 28.4 Å². The van der Waals surface area contributed by atoms with E-state index in [9.17, 15) is 0 Å². The third kappa shape index (κ3) is 7.05. The summed E-state index contributed by atoms with van der Waals surface area (Å²) in [5.74, 6) is 0. The number of methoxy groups -OCH3 is 1. The van der Waals surface area contributed by atoms with E-state index in [4.69, 9.17) is 28.4 Å². The van der Waals surface area contributed by atoms with Gasteiger partial charge in [0.05, 0.1) is 32.5 Å². The van der Waals surface area contributed by atoms with Gasteiger partial charge in [-0.3, -0.25) is 0 Å². The van der Waals surface area contributed by atoms with Gasteiger partial charge >= 0.3 is 0 Å². The maximum atomic E-state index is 6.59. The van der Waals surface area contributed by atoms with Gasteiger partial charge in [-0.1, -0.05) is 91.0 Å². The quantitative estimate of drug-likeness (QED) is 0.354. The van der Waals surface area contributed by atoms with Crippen LogP contribution in [0.15, 0.2) is 91.0 Å². The van der Waals surface area contributed by atoms with Gasteiger partial charge in [-0.25, -0.2) is 0 Å². The highest BCUT2D eigenvalue weighted by atomic mass is 16.7. The molecule has 2 saturated heterocycles. The van der Waals surface area contributed by atoms with Gasteiger partial charge in [-0.2, -0.15) is 0 Å². The summed E-state index contributed by atoms with van der Waals surface area (Å²) in [6.45, 7) is 1.81. The molecule has 0 amide bonds. The van der Waals surface area contributed by atoms with Gasteiger partial charge in [0.15, 0.2) is 6.29 Å². The van der Waals surface area contributed by atoms with Gasteiger partial charge in [0.2, 0.25) is 0 Å². The number of rotatable bonds is 11. The lowest BCUT2D eigenvalue weighted by atomic mass is 9.90. The van der Waals surface area contributed by atoms with E-state index in [1.807, 2.05) is 54.6 Å². The minimum atomic E-state index is -0.378. The van der Waals surface area contributed by atoms with E-state index in [-0.39, 0.29) is 36.8 Å². The molecule has 0 aliphatic carbocycles. The second kappa shape index (κ2) is 13.3. The summed E-state index contributed by atoms with van der Waals surface area (Å²) in [5, 5.41) is 0. The molecular formula is C31H36O6. The molecule has 0 spiro atoms. The van der Waals surface area contributed by atoms with Crippen LogP contribution in [-0.2, 0) is 48.2 Å². The largest absolute Gasteiger partial charge is 0.374 e. The lowest BCUT2D eigenvalue weighted by Crippen LogP contribution is -2.63. The van der Waals surface area contributed by atoms with Crippen molar-refractivity contribution >= 4 is 0 Å². The zero-order valence-electron chi connectivity index (χ0n) is 21.3. The molecule has 2 heterocycles. The van der Waals surface area contributed by atoms with Crippen molar-refractivity contribution in [3.63, 3.8) is 0 Å². The monoisotopic (exact) mass is 504 g/mol. The van der Waals surface area contributed by atoms with Gasteiger partial charge in [-0.05, 0) is 23.1 Å². The fourth-order valence-corrected chi connectivity index (χ4v) is 5.03. The molecule has 5 rings (SSSR count). The molecule has 6 heteroatoms. The van der Waals surface area contributed by atoms with Crippen LogP contribution in [0.5, 0.6) is 0 Å². The standard InChI is InChI=1S/C31H36O6/c1-32-28-18-17-26-30(37-28)31(35-21-25-15-9-4-10-16-25)29(34-20-24-13-7-3-8-14-24)27(36-26)22-33-19-23-11-5-2-6-12-23/h2-16,26-31H,17-22H2,1H3/t26-,27-,28?,29-,30+,31+/m1/s1. The lowest BCUT2D eigenvalue weighted by Gasteiger charge is -2.49. The van der Waals surface area contributed by atoms with Crippen LogP contribution >= 0.6 is 0 Å². The van der Waals surface area contributed by atoms with Crippen LogP contribution in [0.25, 0.3) is 0 Å². The lowest BCUT2D eigenvalue weighted by molar-refractivity contribution is -0.316. The van der Waals surface area contributed by atoms with Crippen molar-refractivity contribution in [3.05, 3.63) is 108 Å². The molecule has 6 nitrogen and oxygen atoms in total. The van der Waals surface area contributed by atoms with E-state index in [1.165, 1.54) is 0 Å². The maximum Gasteiger partial charge on any atom is 0.157 e. The predicted molar refractivity (Wildman–Crippen MR) is 140 cm³/mol. The highest BCUT2D eigenvalue weighted by Crippen LogP contribution is 2.36. The predicted octanol–water partition coefficient (Wildman–Crippen LogP) is 5.29. The average molecular weight is 505 g/mol. The van der Waals surface area contributed by atoms with Crippen LogP contribution in [0.3, 0.4) is 0 Å². The van der Waals surface area contributed by atoms with E-state index >= 15 is 0 Å². The number of hydrogen-bond donors (Lipinski definition) is 0. The summed E-state index contributed by atoms with van der Waals surface area (Å²) < 4.78 is 37.8. The molecule has 2 aliphatic rings. The second-order valence-electron chi connectivity index (χ2n) is 9.58. The first-order chi connectivity index (χ1) is 18.3. The average Bonchev–Trinajstić information content (AvgIpc) is 2.96. The minimum absolute atomic E-state index is 0.117. The van der Waals surface area contributed by atoms with Gasteiger partial charge in [0.25, 0.3) is 0 Å². The molecule has 0 aromatic heterocycles. The van der Waals surface area contributed by atoms with E-state index in [2.05, 4.69) is 36.4 Å². The number of fused-ring (bicyclic) bond motifs is 1. The second-order valence-corrected chi connectivity index (χ2v) is 9.58. The van der Waals surface area contributed by atoms with E-state index in [0.717, 1.165) is 29.5 Å². The molecule has 1 unspecified atom stereocenters. The van der Waals surface area contributed by atoms with E-state index in [0.29, 0.717) is 26.4 Å². The van der Waals surface area contributed by atoms with Crippen LogP contribution in [0, 0.1) is 0 Å². The van der Waals surface area contributed by atoms with Crippen LogP contribution in [0.2, 0.25) is 0 Å². The molecule has 0 radical (unpaired) electrons. The first-order valence-corrected chi connectivity index (χ1v) is 13.1. The smallest absolute Gasteiger partial charge is 0.157 e. The Labute approximate surface area is 219 Å². The van der Waals surface area contributed by atoms with Crippen molar-refractivity contribution < 1.29 is 28.4 Å². The van der Waals surface area contributed by atoms with Gasteiger partial charge in [0.1, 0.15) is 24.4 Å². The van der Waals surface area contributed by atoms with Crippen LogP contribution in [0.4, 0.5) is 0 Å². The fourth-order valence-electron chi connectivity index (χ4n) is 5.03. The molecule has 37 heavy (non-hydrogen) atoms. The Bertz CT molecular complexity index is 1050. The van der Waals surface area contributed by atoms with Gasteiger partial charge in [0, 0.05) is 13.5 Å². The number of hydrogen-bond acceptors (Lipinski definition) is 6. The van der Waals surface area contributed by atoms with Crippen molar-refractivity contribution in [2.75, 3.05) is 13.7 Å². The first-order valence-electron chi connectivity index (χ1n) is 13.1. The summed E-state index contributed by atoms with van der Waals surface area (Å²) in [6, 6.07) is 30.5. The number of ether oxygens (including phenoxy) is 6. The Morgan fingerprint density at radius 3 is 1.76 bits per heavy atom. The molecule has 6 atom stereocenters. The van der Waals surface area contributed by atoms with Crippen LogP contribution < -0.4 is 0 Å². The summed E-state index contributed by atoms with van der Waals surface area (Å²) in [6.07, 6.45) is -0.110. The minimum Gasteiger partial charge on any atom is -0.374 e. The molecular weight excluding hydrogens is 468 g/mol. The fraction of sp³-hybridized carbons (Fsp3) is 0.419. The Morgan fingerprint density at radius 1 is 0.649 bits per heavy atom. The van der Waals surface area contributed by atoms with Crippen molar-refractivity contribution in [2.24, 2.45) is 0 Å². The molecule has 3 aromatic carbocycles. The molecule has 0 N–H and O–H groups in total. The van der Waals surface area contributed by atoms with Crippen molar-refractivity contribution in [1.82, 2.24) is 0 Å². The Balaban J connectivity index is 1.35. The third-order valence-electron chi connectivity index (χ3n) is 6.95. The SMILES string of the molecule is COC1CC[C@H]2O[C@H](COCc3ccccc3)[C@@H](OCc3ccccc3)[C@H](OCc3ccccc3)[C@H]2O1. The molecule has 2 fully saturated rings. The summed E-state index contributed by atoms with van der Waals surface area (Å²) in [4.78, 5) is 0. The molecule has 2 aliphatic heterocycles. The topological polar surface area (TPSA) is 55.4 Å². The van der Waals surface area contributed by atoms with Crippen molar-refractivity contribution in [1.29, 1.82) is 0 Å². The normalized spacial score (nSPS) is 27.5. The van der Waals surface area contributed by atoms with E-state index in [1.54, 1.807) is 7.11 Å². The summed E-state index contributed by atoms with van der Waals surface area (Å²) >= 11 is 0. The molecule has 196 valence electrons. The zero-order chi connectivity index (χ0) is 25.3. The summed E-state index contributed by atoms with van der Waals surface area (Å²) in [5.41, 5.74) is 3.32. The van der Waals surface area contributed by atoms with Crippen LogP contribution in [-0.4, -0.2) is 50.5 Å². The van der Waals surface area contributed by atoms with E-state index < -0.39 is 0 Å². The molecule has 3 aromatic rings. The van der Waals surface area contributed by atoms with Crippen molar-refractivity contribution in [2.45, 2.75) is 69.5 Å². The first kappa shape index (κ1) is 26.0. The summed E-state index contributed by atoms with van der Waals surface area (Å²) in [7, 11) is 1.68. The third-order valence-corrected chi connectivity index (χ3v) is 6.95. The van der Waals surface area contributed by atoms with Crippen molar-refractivity contribution in [3.8, 4) is 0 Å². The Morgan fingerprint density at radius 2 is 1.19 bits per heavy atom. The highest BCUT2D eigenvalue weighted by Gasteiger charge is 2.50. The molecule has 0 saturated carbocycles. The number of benzene rings is 3. The highest BCUT2D eigenvalue weighted by molar-refractivity contribution is 5.15. The van der Waals surface area contributed by atoms with Crippen LogP contribution in [0.1, 0.15) is 29.5 Å². The Kier molecular flexibility index (Phi) is 9.35. The maximum absolute atomic E-state index is 6.59. The zero-order valence-corrected chi connectivity index (χ0v) is 21.3. The van der Waals surface area contributed by atoms with Gasteiger partial charge in [-0.15, -0.1) is 0 Å². The Hall–Kier alpha value is -2.58. The molecule has 0 bridgehead atoms.